The number of esters is 1. The van der Waals surface area contributed by atoms with Gasteiger partial charge in [0.1, 0.15) is 6.10 Å². The van der Waals surface area contributed by atoms with Gasteiger partial charge in [-0.05, 0) is 18.6 Å². The average molecular weight is 327 g/mol. The van der Waals surface area contributed by atoms with Gasteiger partial charge in [0, 0.05) is 6.20 Å². The number of thioether (sulfide) groups is 1. The molecule has 0 aliphatic carbocycles. The first-order chi connectivity index (χ1) is 10.0. The summed E-state index contributed by atoms with van der Waals surface area (Å²) in [5.74, 6) is -0.342. The lowest BCUT2D eigenvalue weighted by atomic mass is 10.3. The molecule has 21 heavy (non-hydrogen) atoms. The van der Waals surface area contributed by atoms with Gasteiger partial charge in [0.05, 0.1) is 17.3 Å². The maximum Gasteiger partial charge on any atom is 0.316 e. The smallest absolute Gasteiger partial charge is 0.316 e. The number of ether oxygens (including phenoxy) is 1. The van der Waals surface area contributed by atoms with Gasteiger partial charge in [0.25, 0.3) is 0 Å². The summed E-state index contributed by atoms with van der Waals surface area (Å²) in [5, 5.41) is 8.57. The summed E-state index contributed by atoms with van der Waals surface area (Å²) in [7, 11) is -3.04. The molecule has 112 valence electrons. The van der Waals surface area contributed by atoms with Gasteiger partial charge in [-0.25, -0.2) is 8.42 Å². The van der Waals surface area contributed by atoms with Crippen LogP contribution in [0.1, 0.15) is 6.42 Å². The molecule has 0 N–H and O–H groups in total. The number of hydrogen-bond donors (Lipinski definition) is 0. The Bertz CT molecular complexity index is 772. The Kier molecular flexibility index (Phi) is 3.85. The summed E-state index contributed by atoms with van der Waals surface area (Å²) in [6.45, 7) is 0. The number of hydrogen-bond acceptors (Lipinski definition) is 7. The van der Waals surface area contributed by atoms with Crippen molar-refractivity contribution in [2.45, 2.75) is 17.7 Å². The zero-order chi connectivity index (χ0) is 14.9. The molecule has 0 saturated carbocycles. The van der Waals surface area contributed by atoms with Crippen molar-refractivity contribution < 1.29 is 17.9 Å². The van der Waals surface area contributed by atoms with E-state index in [2.05, 4.69) is 10.2 Å². The number of aromatic nitrogens is 3. The standard InChI is InChI=1S/C12H13N3O4S2/c16-11(19-9-4-6-21(17,18)8-9)7-20-12-14-13-10-3-1-2-5-15(10)12/h1-3,5,9H,4,6-8H2/t9-/m0/s1. The third kappa shape index (κ3) is 3.35. The molecule has 3 rings (SSSR count). The highest BCUT2D eigenvalue weighted by molar-refractivity contribution is 7.99. The molecular formula is C12H13N3O4S2. The normalized spacial score (nSPS) is 20.7. The van der Waals surface area contributed by atoms with Crippen LogP contribution in [0.25, 0.3) is 5.65 Å². The first-order valence-electron chi connectivity index (χ1n) is 6.36. The van der Waals surface area contributed by atoms with Crippen LogP contribution < -0.4 is 0 Å². The molecular weight excluding hydrogens is 314 g/mol. The summed E-state index contributed by atoms with van der Waals surface area (Å²) >= 11 is 1.21. The van der Waals surface area contributed by atoms with Gasteiger partial charge < -0.3 is 4.74 Å². The molecule has 2 aromatic rings. The Hall–Kier alpha value is -1.61. The molecule has 2 aromatic heterocycles. The fourth-order valence-electron chi connectivity index (χ4n) is 2.12. The second kappa shape index (κ2) is 5.64. The van der Waals surface area contributed by atoms with Crippen molar-refractivity contribution in [2.24, 2.45) is 0 Å². The topological polar surface area (TPSA) is 90.6 Å². The Balaban J connectivity index is 1.57. The number of rotatable bonds is 4. The second-order valence-electron chi connectivity index (χ2n) is 4.71. The zero-order valence-corrected chi connectivity index (χ0v) is 12.6. The SMILES string of the molecule is O=C(CSc1nnc2ccccn12)O[C@H]1CCS(=O)(=O)C1. The van der Waals surface area contributed by atoms with Crippen LogP contribution in [0.4, 0.5) is 0 Å². The highest BCUT2D eigenvalue weighted by atomic mass is 32.2. The van der Waals surface area contributed by atoms with Crippen molar-refractivity contribution >= 4 is 33.2 Å². The second-order valence-corrected chi connectivity index (χ2v) is 7.89. The van der Waals surface area contributed by atoms with Gasteiger partial charge in [-0.15, -0.1) is 10.2 Å². The molecule has 1 aliphatic heterocycles. The summed E-state index contributed by atoms with van der Waals surface area (Å²) in [5.41, 5.74) is 0.704. The highest BCUT2D eigenvalue weighted by Crippen LogP contribution is 2.19. The predicted molar refractivity (Wildman–Crippen MR) is 76.9 cm³/mol. The predicted octanol–water partition coefficient (Wildman–Crippen LogP) is 0.552. The minimum absolute atomic E-state index is 0.0722. The van der Waals surface area contributed by atoms with Crippen molar-refractivity contribution in [2.75, 3.05) is 17.3 Å². The molecule has 7 nitrogen and oxygen atoms in total. The number of sulfone groups is 1. The lowest BCUT2D eigenvalue weighted by Gasteiger charge is -2.09. The van der Waals surface area contributed by atoms with E-state index in [1.54, 1.807) is 4.40 Å². The van der Waals surface area contributed by atoms with Crippen LogP contribution in [0.5, 0.6) is 0 Å². The van der Waals surface area contributed by atoms with Crippen molar-refractivity contribution in [3.63, 3.8) is 0 Å². The first-order valence-corrected chi connectivity index (χ1v) is 9.17. The Morgan fingerprint density at radius 2 is 2.29 bits per heavy atom. The van der Waals surface area contributed by atoms with Gasteiger partial charge in [0.2, 0.25) is 0 Å². The van der Waals surface area contributed by atoms with Crippen molar-refractivity contribution in [3.8, 4) is 0 Å². The lowest BCUT2D eigenvalue weighted by molar-refractivity contribution is -0.144. The molecule has 9 heteroatoms. The van der Waals surface area contributed by atoms with Gasteiger partial charge in [-0.2, -0.15) is 0 Å². The van der Waals surface area contributed by atoms with E-state index < -0.39 is 21.9 Å². The molecule has 3 heterocycles. The number of nitrogens with zero attached hydrogens (tertiary/aromatic N) is 3. The highest BCUT2D eigenvalue weighted by Gasteiger charge is 2.30. The molecule has 1 fully saturated rings. The Labute approximate surface area is 125 Å². The van der Waals surface area contributed by atoms with Crippen molar-refractivity contribution in [1.29, 1.82) is 0 Å². The van der Waals surface area contributed by atoms with E-state index in [0.717, 1.165) is 0 Å². The van der Waals surface area contributed by atoms with Gasteiger partial charge in [-0.3, -0.25) is 9.20 Å². The zero-order valence-electron chi connectivity index (χ0n) is 11.0. The quantitative estimate of drug-likeness (QED) is 0.598. The number of pyridine rings is 1. The van der Waals surface area contributed by atoms with Gasteiger partial charge in [0.15, 0.2) is 20.6 Å². The van der Waals surface area contributed by atoms with Crippen LogP contribution in [0.15, 0.2) is 29.6 Å². The molecule has 0 radical (unpaired) electrons. The van der Waals surface area contributed by atoms with E-state index in [-0.39, 0.29) is 17.3 Å². The van der Waals surface area contributed by atoms with Gasteiger partial charge >= 0.3 is 5.97 Å². The summed E-state index contributed by atoms with van der Waals surface area (Å²) < 4.78 is 29.5. The fourth-order valence-corrected chi connectivity index (χ4v) is 4.41. The molecule has 1 atom stereocenters. The molecule has 0 unspecified atom stereocenters. The van der Waals surface area contributed by atoms with Crippen molar-refractivity contribution in [3.05, 3.63) is 24.4 Å². The summed E-state index contributed by atoms with van der Waals surface area (Å²) in [6, 6.07) is 5.52. The third-order valence-electron chi connectivity index (χ3n) is 3.09. The van der Waals surface area contributed by atoms with E-state index in [1.807, 2.05) is 24.4 Å². The van der Waals surface area contributed by atoms with E-state index >= 15 is 0 Å². The lowest BCUT2D eigenvalue weighted by Crippen LogP contribution is -2.20. The maximum absolute atomic E-state index is 11.7. The Morgan fingerprint density at radius 1 is 1.43 bits per heavy atom. The van der Waals surface area contributed by atoms with Crippen LogP contribution >= 0.6 is 11.8 Å². The van der Waals surface area contributed by atoms with Crippen LogP contribution in [0, 0.1) is 0 Å². The number of carbonyl (C=O) groups excluding carboxylic acids is 1. The van der Waals surface area contributed by atoms with E-state index in [1.165, 1.54) is 11.8 Å². The number of fused-ring (bicyclic) bond motifs is 1. The molecule has 1 aliphatic rings. The molecule has 0 aromatic carbocycles. The fraction of sp³-hybridized carbons (Fsp3) is 0.417. The molecule has 0 bridgehead atoms. The van der Waals surface area contributed by atoms with Crippen molar-refractivity contribution in [1.82, 2.24) is 14.6 Å². The summed E-state index contributed by atoms with van der Waals surface area (Å²) in [6.07, 6.45) is 1.68. The minimum Gasteiger partial charge on any atom is -0.461 e. The first kappa shape index (κ1) is 14.3. The average Bonchev–Trinajstić information content (AvgIpc) is 3.00. The third-order valence-corrected chi connectivity index (χ3v) is 5.74. The van der Waals surface area contributed by atoms with Crippen LogP contribution in [0.2, 0.25) is 0 Å². The Morgan fingerprint density at radius 3 is 3.05 bits per heavy atom. The monoisotopic (exact) mass is 327 g/mol. The van der Waals surface area contributed by atoms with E-state index in [0.29, 0.717) is 17.2 Å². The van der Waals surface area contributed by atoms with Gasteiger partial charge in [-0.1, -0.05) is 17.8 Å². The molecule has 1 saturated heterocycles. The van der Waals surface area contributed by atoms with E-state index in [9.17, 15) is 13.2 Å². The van der Waals surface area contributed by atoms with Crippen LogP contribution in [-0.4, -0.2) is 52.3 Å². The minimum atomic E-state index is -3.04. The van der Waals surface area contributed by atoms with Crippen LogP contribution in [0.3, 0.4) is 0 Å². The maximum atomic E-state index is 11.7. The summed E-state index contributed by atoms with van der Waals surface area (Å²) in [4.78, 5) is 11.7. The van der Waals surface area contributed by atoms with E-state index in [4.69, 9.17) is 4.74 Å². The molecule has 0 spiro atoms. The largest absolute Gasteiger partial charge is 0.461 e. The van der Waals surface area contributed by atoms with Crippen LogP contribution in [-0.2, 0) is 19.4 Å². The number of carbonyl (C=O) groups is 1. The molecule has 0 amide bonds.